The Kier molecular flexibility index (Phi) is 3.77. The summed E-state index contributed by atoms with van der Waals surface area (Å²) in [5, 5.41) is 14.8. The molecule has 0 saturated carbocycles. The van der Waals surface area contributed by atoms with Gasteiger partial charge in [-0.05, 0) is 24.9 Å². The van der Waals surface area contributed by atoms with Crippen LogP contribution in [0.25, 0.3) is 10.1 Å². The van der Waals surface area contributed by atoms with Gasteiger partial charge in [-0.25, -0.2) is 4.98 Å². The Bertz CT molecular complexity index is 820. The number of aromatic nitrogens is 1. The average Bonchev–Trinajstić information content (AvgIpc) is 3.27. The van der Waals surface area contributed by atoms with Crippen LogP contribution >= 0.6 is 11.3 Å². The maximum atomic E-state index is 12.5. The molecule has 2 saturated heterocycles. The van der Waals surface area contributed by atoms with Gasteiger partial charge in [-0.1, -0.05) is 11.8 Å². The first-order valence-electron chi connectivity index (χ1n) is 7.75. The maximum Gasteiger partial charge on any atom is 0.270 e. The van der Waals surface area contributed by atoms with Crippen molar-refractivity contribution in [1.82, 2.24) is 15.2 Å². The molecule has 4 rings (SSSR count). The van der Waals surface area contributed by atoms with E-state index in [0.29, 0.717) is 11.6 Å². The molecule has 2 aliphatic rings. The molecule has 3 unspecified atom stereocenters. The number of carbonyl (C=O) groups is 1. The van der Waals surface area contributed by atoms with Crippen molar-refractivity contribution in [2.75, 3.05) is 26.2 Å². The highest BCUT2D eigenvalue weighted by molar-refractivity contribution is 7.17. The van der Waals surface area contributed by atoms with Crippen LogP contribution in [-0.4, -0.2) is 53.2 Å². The van der Waals surface area contributed by atoms with Crippen molar-refractivity contribution in [3.63, 3.8) is 0 Å². The smallest absolute Gasteiger partial charge is 0.270 e. The summed E-state index contributed by atoms with van der Waals surface area (Å²) in [6, 6.07) is 2.04. The number of piperidine rings is 1. The van der Waals surface area contributed by atoms with Crippen molar-refractivity contribution >= 4 is 27.3 Å². The van der Waals surface area contributed by atoms with Gasteiger partial charge >= 0.3 is 0 Å². The lowest BCUT2D eigenvalue weighted by Gasteiger charge is -2.22. The Morgan fingerprint density at radius 2 is 2.43 bits per heavy atom. The van der Waals surface area contributed by atoms with E-state index in [1.807, 2.05) is 5.38 Å². The number of aliphatic hydroxyl groups is 1. The topological polar surface area (TPSA) is 65.5 Å². The Hall–Kier alpha value is -1.94. The number of carbonyl (C=O) groups excluding carboxylic acids is 1. The lowest BCUT2D eigenvalue weighted by molar-refractivity contribution is 0.0919. The van der Waals surface area contributed by atoms with Crippen molar-refractivity contribution in [3.05, 3.63) is 28.9 Å². The maximum absolute atomic E-state index is 12.5. The van der Waals surface area contributed by atoms with E-state index in [1.54, 1.807) is 23.6 Å². The molecule has 4 heterocycles. The highest BCUT2D eigenvalue weighted by Crippen LogP contribution is 2.28. The fraction of sp³-hybridized carbons (Fsp3) is 0.412. The molecule has 2 bridgehead atoms. The largest absolute Gasteiger partial charge is 0.384 e. The van der Waals surface area contributed by atoms with Crippen molar-refractivity contribution in [1.29, 1.82) is 0 Å². The SMILES string of the molecule is O=C(NC1CN2CCC1C2)c1cc2c(C#CCO)csc2cn1. The van der Waals surface area contributed by atoms with Crippen molar-refractivity contribution in [2.45, 2.75) is 12.5 Å². The summed E-state index contributed by atoms with van der Waals surface area (Å²) in [7, 11) is 0. The van der Waals surface area contributed by atoms with Crippen LogP contribution in [0.5, 0.6) is 0 Å². The number of nitrogens with zero attached hydrogens (tertiary/aromatic N) is 2. The van der Waals surface area contributed by atoms with E-state index < -0.39 is 0 Å². The molecule has 0 aliphatic carbocycles. The molecule has 0 spiro atoms. The summed E-state index contributed by atoms with van der Waals surface area (Å²) in [5.41, 5.74) is 1.27. The number of fused-ring (bicyclic) bond motifs is 3. The standard InChI is InChI=1S/C17H17N3O2S/c21-5-1-2-12-10-23-16-7-18-14(6-13(12)16)17(22)19-15-9-20-4-3-11(15)8-20/h6-7,10-11,15,21H,3-5,8-9H2,(H,19,22). The summed E-state index contributed by atoms with van der Waals surface area (Å²) in [4.78, 5) is 19.2. The van der Waals surface area contributed by atoms with Gasteiger partial charge in [-0.3, -0.25) is 4.79 Å². The van der Waals surface area contributed by atoms with E-state index in [4.69, 9.17) is 5.11 Å². The van der Waals surface area contributed by atoms with Crippen LogP contribution in [0.2, 0.25) is 0 Å². The highest BCUT2D eigenvalue weighted by atomic mass is 32.1. The first kappa shape index (κ1) is 14.6. The van der Waals surface area contributed by atoms with Gasteiger partial charge in [0, 0.05) is 41.7 Å². The number of nitrogens with one attached hydrogen (secondary N) is 1. The molecule has 2 fully saturated rings. The molecule has 0 radical (unpaired) electrons. The Morgan fingerprint density at radius 1 is 1.52 bits per heavy atom. The minimum atomic E-state index is -0.171. The van der Waals surface area contributed by atoms with E-state index >= 15 is 0 Å². The Labute approximate surface area is 138 Å². The van der Waals surface area contributed by atoms with Gasteiger partial charge in [0.2, 0.25) is 0 Å². The number of thiophene rings is 1. The van der Waals surface area contributed by atoms with Gasteiger partial charge in [-0.15, -0.1) is 11.3 Å². The van der Waals surface area contributed by atoms with E-state index in [0.717, 1.165) is 35.3 Å². The average molecular weight is 327 g/mol. The molecule has 5 nitrogen and oxygen atoms in total. The fourth-order valence-corrected chi connectivity index (χ4v) is 4.32. The third-order valence-corrected chi connectivity index (χ3v) is 5.58. The van der Waals surface area contributed by atoms with Crippen LogP contribution in [-0.2, 0) is 0 Å². The summed E-state index contributed by atoms with van der Waals surface area (Å²) in [6.07, 6.45) is 2.90. The number of pyridine rings is 1. The number of hydrogen-bond donors (Lipinski definition) is 2. The van der Waals surface area contributed by atoms with Crippen LogP contribution in [0.3, 0.4) is 0 Å². The normalized spacial score (nSPS) is 25.3. The van der Waals surface area contributed by atoms with Gasteiger partial charge in [0.1, 0.15) is 12.3 Å². The predicted octanol–water partition coefficient (Wildman–Crippen LogP) is 1.07. The quantitative estimate of drug-likeness (QED) is 0.810. The molecule has 2 aromatic heterocycles. The molecule has 3 atom stereocenters. The number of rotatable bonds is 2. The van der Waals surface area contributed by atoms with Crippen molar-refractivity contribution in [3.8, 4) is 11.8 Å². The van der Waals surface area contributed by atoms with Crippen LogP contribution in [0, 0.1) is 17.8 Å². The Balaban J connectivity index is 1.57. The van der Waals surface area contributed by atoms with Gasteiger partial charge in [0.05, 0.1) is 4.70 Å². The second-order valence-electron chi connectivity index (χ2n) is 6.06. The molecule has 0 aromatic carbocycles. The van der Waals surface area contributed by atoms with Crippen LogP contribution in [0.15, 0.2) is 17.6 Å². The van der Waals surface area contributed by atoms with Gasteiger partial charge in [0.15, 0.2) is 0 Å². The van der Waals surface area contributed by atoms with Gasteiger partial charge < -0.3 is 15.3 Å². The van der Waals surface area contributed by atoms with E-state index in [2.05, 4.69) is 27.0 Å². The minimum absolute atomic E-state index is 0.113. The first-order valence-corrected chi connectivity index (χ1v) is 8.63. The zero-order valence-corrected chi connectivity index (χ0v) is 13.4. The molecule has 1 amide bonds. The Morgan fingerprint density at radius 3 is 3.17 bits per heavy atom. The van der Waals surface area contributed by atoms with Crippen molar-refractivity contribution < 1.29 is 9.90 Å². The molecule has 2 aromatic rings. The van der Waals surface area contributed by atoms with Crippen LogP contribution in [0.4, 0.5) is 0 Å². The van der Waals surface area contributed by atoms with Gasteiger partial charge in [0.25, 0.3) is 5.91 Å². The highest BCUT2D eigenvalue weighted by Gasteiger charge is 2.38. The molecule has 23 heavy (non-hydrogen) atoms. The first-order chi connectivity index (χ1) is 11.2. The summed E-state index contributed by atoms with van der Waals surface area (Å²) < 4.78 is 0.995. The summed E-state index contributed by atoms with van der Waals surface area (Å²) >= 11 is 1.54. The second-order valence-corrected chi connectivity index (χ2v) is 6.97. The number of amides is 1. The molecule has 6 heteroatoms. The van der Waals surface area contributed by atoms with E-state index in [-0.39, 0.29) is 18.6 Å². The molecule has 2 aliphatic heterocycles. The third-order valence-electron chi connectivity index (χ3n) is 4.65. The molecular formula is C17H17N3O2S. The monoisotopic (exact) mass is 327 g/mol. The molecular weight excluding hydrogens is 310 g/mol. The lowest BCUT2D eigenvalue weighted by Crippen LogP contribution is -2.43. The zero-order chi connectivity index (χ0) is 15.8. The lowest BCUT2D eigenvalue weighted by atomic mass is 10.00. The third kappa shape index (κ3) is 2.72. The van der Waals surface area contributed by atoms with Crippen molar-refractivity contribution in [2.24, 2.45) is 5.92 Å². The van der Waals surface area contributed by atoms with Gasteiger partial charge in [-0.2, -0.15) is 0 Å². The second kappa shape index (κ2) is 5.93. The summed E-state index contributed by atoms with van der Waals surface area (Å²) in [6.45, 7) is 3.03. The minimum Gasteiger partial charge on any atom is -0.384 e. The molecule has 2 N–H and O–H groups in total. The predicted molar refractivity (Wildman–Crippen MR) is 89.4 cm³/mol. The number of hydrogen-bond acceptors (Lipinski definition) is 5. The van der Waals surface area contributed by atoms with E-state index in [1.165, 1.54) is 6.42 Å². The van der Waals surface area contributed by atoms with E-state index in [9.17, 15) is 4.79 Å². The fourth-order valence-electron chi connectivity index (χ4n) is 3.48. The zero-order valence-electron chi connectivity index (χ0n) is 12.6. The van der Waals surface area contributed by atoms with Crippen LogP contribution in [0.1, 0.15) is 22.5 Å². The van der Waals surface area contributed by atoms with Crippen LogP contribution < -0.4 is 5.32 Å². The number of aliphatic hydroxyl groups excluding tert-OH is 1. The summed E-state index contributed by atoms with van der Waals surface area (Å²) in [5.74, 6) is 6.04. The molecule has 118 valence electrons.